The van der Waals surface area contributed by atoms with Gasteiger partial charge in [0, 0.05) is 5.39 Å². The molecule has 2 aromatic carbocycles. The van der Waals surface area contributed by atoms with Crippen molar-refractivity contribution >= 4 is 17.2 Å². The van der Waals surface area contributed by atoms with Crippen LogP contribution in [-0.4, -0.2) is 11.3 Å². The molecule has 0 aliphatic rings. The number of ether oxygens (including phenoxy) is 1. The number of hydrogen-bond donors (Lipinski definition) is 0. The van der Waals surface area contributed by atoms with E-state index >= 15 is 0 Å². The lowest BCUT2D eigenvalue weighted by molar-refractivity contribution is 0.111. The Bertz CT molecular complexity index is 738. The quantitative estimate of drug-likeness (QED) is 0.675. The van der Waals surface area contributed by atoms with Crippen molar-refractivity contribution in [1.82, 2.24) is 4.98 Å². The molecule has 0 aliphatic heterocycles. The molecule has 0 N–H and O–H groups in total. The van der Waals surface area contributed by atoms with Gasteiger partial charge in [0.05, 0.1) is 5.52 Å². The molecule has 0 unspecified atom stereocenters. The topological polar surface area (TPSA) is 39.2 Å². The number of rotatable bonds is 4. The molecule has 0 atom stereocenters. The maximum atomic E-state index is 10.7. The number of carbonyl (C=O) groups is 1. The summed E-state index contributed by atoms with van der Waals surface area (Å²) in [5, 5.41) is 0.959. The van der Waals surface area contributed by atoms with Crippen molar-refractivity contribution in [1.29, 1.82) is 0 Å². The normalized spacial score (nSPS) is 10.4. The van der Waals surface area contributed by atoms with Crippen LogP contribution in [0.2, 0.25) is 0 Å². The van der Waals surface area contributed by atoms with Crippen molar-refractivity contribution in [2.45, 2.75) is 6.61 Å². The second-order valence-electron chi connectivity index (χ2n) is 4.48. The van der Waals surface area contributed by atoms with E-state index in [0.717, 1.165) is 28.5 Å². The zero-order valence-electron chi connectivity index (χ0n) is 10.8. The molecule has 0 saturated carbocycles. The molecule has 3 nitrogen and oxygen atoms in total. The van der Waals surface area contributed by atoms with Gasteiger partial charge in [-0.05, 0) is 29.8 Å². The molecule has 3 heteroatoms. The first-order chi connectivity index (χ1) is 9.85. The lowest BCUT2D eigenvalue weighted by Gasteiger charge is -2.07. The maximum Gasteiger partial charge on any atom is 0.168 e. The van der Waals surface area contributed by atoms with E-state index < -0.39 is 0 Å². The van der Waals surface area contributed by atoms with Crippen LogP contribution < -0.4 is 4.74 Å². The smallest absolute Gasteiger partial charge is 0.168 e. The van der Waals surface area contributed by atoms with Crippen LogP contribution >= 0.6 is 0 Å². The molecular weight excluding hydrogens is 250 g/mol. The van der Waals surface area contributed by atoms with Crippen LogP contribution in [0.4, 0.5) is 0 Å². The summed E-state index contributed by atoms with van der Waals surface area (Å²) in [4.78, 5) is 14.9. The monoisotopic (exact) mass is 263 g/mol. The van der Waals surface area contributed by atoms with Crippen LogP contribution in [0.5, 0.6) is 5.75 Å². The summed E-state index contributed by atoms with van der Waals surface area (Å²) < 4.78 is 5.76. The fourth-order valence-electron chi connectivity index (χ4n) is 2.02. The molecule has 98 valence electrons. The Kier molecular flexibility index (Phi) is 3.42. The Morgan fingerprint density at radius 1 is 1.00 bits per heavy atom. The Hall–Kier alpha value is -2.68. The zero-order valence-corrected chi connectivity index (χ0v) is 10.8. The third-order valence-corrected chi connectivity index (χ3v) is 3.05. The van der Waals surface area contributed by atoms with E-state index in [0.29, 0.717) is 12.3 Å². The molecule has 0 saturated heterocycles. The van der Waals surface area contributed by atoms with Crippen LogP contribution in [0.1, 0.15) is 16.1 Å². The number of pyridine rings is 1. The maximum absolute atomic E-state index is 10.7. The average Bonchev–Trinajstić information content (AvgIpc) is 2.53. The molecule has 3 aromatic rings. The van der Waals surface area contributed by atoms with Crippen LogP contribution in [0.15, 0.2) is 60.7 Å². The Morgan fingerprint density at radius 2 is 1.85 bits per heavy atom. The number of fused-ring (bicyclic) bond motifs is 1. The van der Waals surface area contributed by atoms with Crippen LogP contribution in [0.25, 0.3) is 10.9 Å². The Morgan fingerprint density at radius 3 is 2.65 bits per heavy atom. The van der Waals surface area contributed by atoms with Gasteiger partial charge in [-0.2, -0.15) is 0 Å². The standard InChI is InChI=1S/C17H13NO2/c19-11-15-7-6-14-10-16(8-9-17(14)18-15)20-12-13-4-2-1-3-5-13/h1-11H,12H2. The first-order valence-corrected chi connectivity index (χ1v) is 6.38. The molecular formula is C17H13NO2. The van der Waals surface area contributed by atoms with Crippen LogP contribution in [0, 0.1) is 0 Å². The van der Waals surface area contributed by atoms with Gasteiger partial charge in [0.1, 0.15) is 18.1 Å². The number of aldehydes is 1. The second kappa shape index (κ2) is 5.53. The molecule has 0 fully saturated rings. The van der Waals surface area contributed by atoms with E-state index in [1.54, 1.807) is 6.07 Å². The molecule has 0 amide bonds. The van der Waals surface area contributed by atoms with Crippen molar-refractivity contribution in [3.05, 3.63) is 71.9 Å². The molecule has 0 aliphatic carbocycles. The summed E-state index contributed by atoms with van der Waals surface area (Å²) in [5.41, 5.74) is 2.36. The van der Waals surface area contributed by atoms with Crippen LogP contribution in [-0.2, 0) is 6.61 Å². The van der Waals surface area contributed by atoms with Crippen molar-refractivity contribution < 1.29 is 9.53 Å². The molecule has 0 radical (unpaired) electrons. The van der Waals surface area contributed by atoms with E-state index in [4.69, 9.17) is 4.74 Å². The van der Waals surface area contributed by atoms with E-state index in [9.17, 15) is 4.79 Å². The summed E-state index contributed by atoms with van der Waals surface area (Å²) in [5.74, 6) is 0.794. The van der Waals surface area contributed by atoms with Crippen molar-refractivity contribution in [3.8, 4) is 5.75 Å². The van der Waals surface area contributed by atoms with Crippen molar-refractivity contribution in [2.75, 3.05) is 0 Å². The molecule has 0 spiro atoms. The molecule has 0 bridgehead atoms. The van der Waals surface area contributed by atoms with Crippen molar-refractivity contribution in [3.63, 3.8) is 0 Å². The molecule has 1 aromatic heterocycles. The molecule has 3 rings (SSSR count). The van der Waals surface area contributed by atoms with Gasteiger partial charge in [-0.15, -0.1) is 0 Å². The van der Waals surface area contributed by atoms with Gasteiger partial charge >= 0.3 is 0 Å². The van der Waals surface area contributed by atoms with Gasteiger partial charge in [-0.25, -0.2) is 4.98 Å². The minimum absolute atomic E-state index is 0.440. The first kappa shape index (κ1) is 12.4. The Labute approximate surface area is 116 Å². The largest absolute Gasteiger partial charge is 0.489 e. The Balaban J connectivity index is 1.81. The third-order valence-electron chi connectivity index (χ3n) is 3.05. The zero-order chi connectivity index (χ0) is 13.8. The van der Waals surface area contributed by atoms with Gasteiger partial charge in [-0.1, -0.05) is 36.4 Å². The van der Waals surface area contributed by atoms with Gasteiger partial charge < -0.3 is 4.74 Å². The fraction of sp³-hybridized carbons (Fsp3) is 0.0588. The van der Waals surface area contributed by atoms with Gasteiger partial charge in [0.15, 0.2) is 6.29 Å². The van der Waals surface area contributed by atoms with E-state index in [1.165, 1.54) is 0 Å². The van der Waals surface area contributed by atoms with E-state index in [2.05, 4.69) is 4.98 Å². The lowest BCUT2D eigenvalue weighted by atomic mass is 10.2. The highest BCUT2D eigenvalue weighted by Crippen LogP contribution is 2.20. The number of aromatic nitrogens is 1. The fourth-order valence-corrected chi connectivity index (χ4v) is 2.02. The number of hydrogen-bond acceptors (Lipinski definition) is 3. The van der Waals surface area contributed by atoms with Crippen molar-refractivity contribution in [2.24, 2.45) is 0 Å². The minimum Gasteiger partial charge on any atom is -0.489 e. The summed E-state index contributed by atoms with van der Waals surface area (Å²) in [7, 11) is 0. The minimum atomic E-state index is 0.440. The first-order valence-electron chi connectivity index (χ1n) is 6.38. The molecule has 20 heavy (non-hydrogen) atoms. The second-order valence-corrected chi connectivity index (χ2v) is 4.48. The summed E-state index contributed by atoms with van der Waals surface area (Å²) >= 11 is 0. The summed E-state index contributed by atoms with van der Waals surface area (Å²) in [6.45, 7) is 0.534. The summed E-state index contributed by atoms with van der Waals surface area (Å²) in [6.07, 6.45) is 0.749. The highest BCUT2D eigenvalue weighted by Gasteiger charge is 2.01. The van der Waals surface area contributed by atoms with E-state index in [1.807, 2.05) is 54.6 Å². The number of nitrogens with zero attached hydrogens (tertiary/aromatic N) is 1. The average molecular weight is 263 g/mol. The third kappa shape index (κ3) is 2.67. The highest BCUT2D eigenvalue weighted by atomic mass is 16.5. The number of carbonyl (C=O) groups excluding carboxylic acids is 1. The predicted octanol–water partition coefficient (Wildman–Crippen LogP) is 3.63. The highest BCUT2D eigenvalue weighted by molar-refractivity contribution is 5.84. The van der Waals surface area contributed by atoms with Crippen LogP contribution in [0.3, 0.4) is 0 Å². The predicted molar refractivity (Wildman–Crippen MR) is 77.9 cm³/mol. The molecule has 1 heterocycles. The summed E-state index contributed by atoms with van der Waals surface area (Å²) in [6, 6.07) is 19.3. The van der Waals surface area contributed by atoms with Gasteiger partial charge in [-0.3, -0.25) is 4.79 Å². The SMILES string of the molecule is O=Cc1ccc2cc(OCc3ccccc3)ccc2n1. The lowest BCUT2D eigenvalue weighted by Crippen LogP contribution is -1.95. The number of benzene rings is 2. The van der Waals surface area contributed by atoms with Gasteiger partial charge in [0.2, 0.25) is 0 Å². The van der Waals surface area contributed by atoms with Gasteiger partial charge in [0.25, 0.3) is 0 Å². The van der Waals surface area contributed by atoms with E-state index in [-0.39, 0.29) is 0 Å².